The van der Waals surface area contributed by atoms with Gasteiger partial charge in [-0.15, -0.1) is 0 Å². The van der Waals surface area contributed by atoms with Gasteiger partial charge in [0.05, 0.1) is 34.9 Å². The zero-order chi connectivity index (χ0) is 40.0. The number of fused-ring (bicyclic) bond motifs is 1. The Morgan fingerprint density at radius 3 is 2.31 bits per heavy atom. The van der Waals surface area contributed by atoms with Crippen molar-refractivity contribution < 1.29 is 56.1 Å². The van der Waals surface area contributed by atoms with E-state index in [1.54, 1.807) is 40.3 Å². The van der Waals surface area contributed by atoms with Gasteiger partial charge in [0.15, 0.2) is 29.6 Å². The van der Waals surface area contributed by atoms with Crippen LogP contribution in [0.4, 0.5) is 33.5 Å². The molecule has 2 aromatic carbocycles. The number of anilines is 2. The number of alkyl halides is 3. The van der Waals surface area contributed by atoms with Crippen molar-refractivity contribution in [3.05, 3.63) is 71.1 Å². The lowest BCUT2D eigenvalue weighted by atomic mass is 10.1. The minimum Gasteiger partial charge on any atom is -0.481 e. The van der Waals surface area contributed by atoms with E-state index in [-0.39, 0.29) is 46.0 Å². The van der Waals surface area contributed by atoms with Crippen LogP contribution in [0.1, 0.15) is 16.8 Å². The summed E-state index contributed by atoms with van der Waals surface area (Å²) in [7, 11) is 0. The molecule has 3 N–H and O–H groups in total. The molecule has 0 saturated carbocycles. The highest BCUT2D eigenvalue weighted by Gasteiger charge is 2.38. The fourth-order valence-electron chi connectivity index (χ4n) is 5.86. The van der Waals surface area contributed by atoms with Crippen LogP contribution in [-0.4, -0.2) is 122 Å². The predicted octanol–water partition coefficient (Wildman–Crippen LogP) is 4.30. The number of hydrogen-bond donors (Lipinski definition) is 3. The number of nitrogens with zero attached hydrogens (tertiary/aromatic N) is 7. The topological polar surface area (TPSA) is 194 Å². The van der Waals surface area contributed by atoms with Crippen LogP contribution >= 0.6 is 11.6 Å². The number of nitrogens with one attached hydrogen (secondary N) is 1. The van der Waals surface area contributed by atoms with Gasteiger partial charge in [0, 0.05) is 56.4 Å². The van der Waals surface area contributed by atoms with Crippen LogP contribution in [0, 0.1) is 28.9 Å². The van der Waals surface area contributed by atoms with Gasteiger partial charge in [0.2, 0.25) is 11.7 Å². The Kier molecular flexibility index (Phi) is 12.4. The van der Waals surface area contributed by atoms with Gasteiger partial charge in [-0.3, -0.25) is 23.7 Å². The molecule has 2 aromatic heterocycles. The molecule has 4 heterocycles. The molecule has 15 nitrogen and oxygen atoms in total. The Morgan fingerprint density at radius 2 is 1.69 bits per heavy atom. The van der Waals surface area contributed by atoms with Crippen LogP contribution in [0.3, 0.4) is 0 Å². The maximum atomic E-state index is 15.0. The van der Waals surface area contributed by atoms with Crippen molar-refractivity contribution in [1.82, 2.24) is 29.1 Å². The van der Waals surface area contributed by atoms with E-state index >= 15 is 0 Å². The van der Waals surface area contributed by atoms with Crippen LogP contribution in [0.2, 0.25) is 5.02 Å². The number of ether oxygens (including phenoxy) is 1. The predicted molar refractivity (Wildman–Crippen MR) is 183 cm³/mol. The molecule has 2 fully saturated rings. The van der Waals surface area contributed by atoms with E-state index in [1.165, 1.54) is 28.9 Å². The highest BCUT2D eigenvalue weighted by atomic mass is 35.5. The molecule has 21 heteroatoms. The van der Waals surface area contributed by atoms with Gasteiger partial charge < -0.3 is 30.1 Å². The third-order valence-electron chi connectivity index (χ3n) is 8.65. The van der Waals surface area contributed by atoms with Crippen LogP contribution in [-0.2, 0) is 14.4 Å². The maximum Gasteiger partial charge on any atom is 0.490 e. The summed E-state index contributed by atoms with van der Waals surface area (Å²) in [5.41, 5.74) is 1.28. The zero-order valence-corrected chi connectivity index (χ0v) is 29.1. The Balaban J connectivity index is 0.000000757. The second kappa shape index (κ2) is 16.9. The van der Waals surface area contributed by atoms with E-state index in [2.05, 4.69) is 15.3 Å². The fourth-order valence-corrected chi connectivity index (χ4v) is 6.12. The van der Waals surface area contributed by atoms with Gasteiger partial charge >= 0.3 is 18.1 Å². The molecule has 0 spiro atoms. The van der Waals surface area contributed by atoms with E-state index < -0.39 is 42.3 Å². The molecule has 0 aliphatic carbocycles. The average molecular weight is 793 g/mol. The molecule has 4 aromatic rings. The second-order valence-electron chi connectivity index (χ2n) is 12.2. The molecule has 55 heavy (non-hydrogen) atoms. The quantitative estimate of drug-likeness (QED) is 0.204. The minimum absolute atomic E-state index is 0.0713. The highest BCUT2D eigenvalue weighted by molar-refractivity contribution is 6.34. The highest BCUT2D eigenvalue weighted by Crippen LogP contribution is 2.32. The fraction of sp³-hybridized carbons (Fsp3) is 0.324. The molecule has 1 atom stereocenters. The number of aliphatic carboxylic acids is 2. The van der Waals surface area contributed by atoms with Crippen molar-refractivity contribution in [2.75, 3.05) is 57.7 Å². The molecule has 2 aliphatic rings. The number of rotatable bonds is 9. The summed E-state index contributed by atoms with van der Waals surface area (Å²) in [5.74, 6) is -6.89. The van der Waals surface area contributed by atoms with Crippen LogP contribution < -0.4 is 10.1 Å². The first-order valence-corrected chi connectivity index (χ1v) is 16.7. The second-order valence-corrected chi connectivity index (χ2v) is 12.6. The van der Waals surface area contributed by atoms with Gasteiger partial charge in [0.1, 0.15) is 6.07 Å². The number of piperazine rings is 1. The monoisotopic (exact) mass is 792 g/mol. The van der Waals surface area contributed by atoms with E-state index in [9.17, 15) is 41.4 Å². The molecule has 2 aliphatic heterocycles. The number of carboxylic acid groups (broad SMARTS) is 2. The minimum atomic E-state index is -5.08. The van der Waals surface area contributed by atoms with Crippen molar-refractivity contribution in [1.29, 1.82) is 5.26 Å². The number of imidazole rings is 1. The number of halogens is 6. The number of carbonyl (C=O) groups is 4. The van der Waals surface area contributed by atoms with Gasteiger partial charge in [-0.2, -0.15) is 22.8 Å². The Hall–Kier alpha value is -6.07. The Bertz CT molecular complexity index is 2150. The number of carboxylic acids is 2. The summed E-state index contributed by atoms with van der Waals surface area (Å²) < 4.78 is 67.8. The number of nitriles is 1. The standard InChI is InChI=1S/C32H29ClF2N8O5.C2HF3O2/c33-23-15-20(1-2-21(23)31(45)42-12-10-41(11-13-42)26(44)18-40-8-5-19(17-40)32(46)47)39-29-30-38-16-24(43(30)9-7-37-29)22-3-4-25(48-14-6-36)28(35)27(22)34;3-2(4,5)1(6)7/h1-4,7,9,15-16,19H,5,8,10-14,17-18H2,(H,37,39)(H,46,47);(H,6,7). The van der Waals surface area contributed by atoms with E-state index in [0.29, 0.717) is 62.8 Å². The summed E-state index contributed by atoms with van der Waals surface area (Å²) in [6.07, 6.45) is -0.179. The van der Waals surface area contributed by atoms with Gasteiger partial charge in [0.25, 0.3) is 5.91 Å². The number of aromatic nitrogens is 3. The molecule has 2 saturated heterocycles. The SMILES string of the molecule is N#CCOc1ccc(-c2cnc3c(Nc4ccc(C(=O)N5CCN(C(=O)CN6CCC(C(=O)O)C6)CC5)c(Cl)c4)nccn23)c(F)c1F.O=C(O)C(F)(F)F. The number of carbonyl (C=O) groups excluding carboxylic acids is 2. The summed E-state index contributed by atoms with van der Waals surface area (Å²) in [5, 5.41) is 28.3. The van der Waals surface area contributed by atoms with Crippen LogP contribution in [0.25, 0.3) is 16.9 Å². The molecule has 290 valence electrons. The molecule has 0 bridgehead atoms. The van der Waals surface area contributed by atoms with Crippen LogP contribution in [0.15, 0.2) is 48.9 Å². The third-order valence-corrected chi connectivity index (χ3v) is 8.96. The Labute approximate surface area is 313 Å². The third kappa shape index (κ3) is 9.36. The van der Waals surface area contributed by atoms with Gasteiger partial charge in [-0.05, 0) is 43.3 Å². The number of likely N-dealkylation sites (tertiary alicyclic amines) is 1. The lowest BCUT2D eigenvalue weighted by Crippen LogP contribution is -2.52. The summed E-state index contributed by atoms with van der Waals surface area (Å²) >= 11 is 6.55. The average Bonchev–Trinajstić information content (AvgIpc) is 3.80. The molecule has 0 radical (unpaired) electrons. The molecular weight excluding hydrogens is 763 g/mol. The summed E-state index contributed by atoms with van der Waals surface area (Å²) in [6, 6.07) is 9.09. The van der Waals surface area contributed by atoms with E-state index in [4.69, 9.17) is 31.5 Å². The van der Waals surface area contributed by atoms with Crippen molar-refractivity contribution in [2.24, 2.45) is 5.92 Å². The first-order valence-electron chi connectivity index (χ1n) is 16.3. The van der Waals surface area contributed by atoms with Gasteiger partial charge in [-0.1, -0.05) is 11.6 Å². The Morgan fingerprint density at radius 1 is 1.00 bits per heavy atom. The van der Waals surface area contributed by atoms with E-state index in [1.807, 2.05) is 4.90 Å². The van der Waals surface area contributed by atoms with Crippen molar-refractivity contribution in [3.8, 4) is 23.1 Å². The van der Waals surface area contributed by atoms with E-state index in [0.717, 1.165) is 0 Å². The van der Waals surface area contributed by atoms with Crippen molar-refractivity contribution in [2.45, 2.75) is 12.6 Å². The lowest BCUT2D eigenvalue weighted by molar-refractivity contribution is -0.192. The smallest absolute Gasteiger partial charge is 0.481 e. The number of hydrogen-bond acceptors (Lipinski definition) is 10. The summed E-state index contributed by atoms with van der Waals surface area (Å²) in [4.78, 5) is 60.1. The van der Waals surface area contributed by atoms with Crippen LogP contribution in [0.5, 0.6) is 5.75 Å². The van der Waals surface area contributed by atoms with Crippen molar-refractivity contribution >= 4 is 52.5 Å². The van der Waals surface area contributed by atoms with Crippen molar-refractivity contribution in [3.63, 3.8) is 0 Å². The maximum absolute atomic E-state index is 15.0. The zero-order valence-electron chi connectivity index (χ0n) is 28.4. The molecule has 2 amide bonds. The molecule has 1 unspecified atom stereocenters. The first-order chi connectivity index (χ1) is 26.1. The largest absolute Gasteiger partial charge is 0.490 e. The van der Waals surface area contributed by atoms with Gasteiger partial charge in [-0.25, -0.2) is 19.2 Å². The number of benzene rings is 2. The number of amides is 2. The molecular formula is C34H30ClF5N8O7. The molecule has 6 rings (SSSR count). The first kappa shape index (κ1) is 40.1. The summed E-state index contributed by atoms with van der Waals surface area (Å²) in [6.45, 7) is 2.02. The normalized spacial score (nSPS) is 15.9. The lowest BCUT2D eigenvalue weighted by Gasteiger charge is -2.35.